The van der Waals surface area contributed by atoms with Crippen LogP contribution in [0.1, 0.15) is 0 Å². The van der Waals surface area contributed by atoms with Gasteiger partial charge in [0.15, 0.2) is 0 Å². The molecule has 0 heterocycles. The molecule has 0 saturated carbocycles. The summed E-state index contributed by atoms with van der Waals surface area (Å²) in [5, 5.41) is 5.66. The van der Waals surface area contributed by atoms with Crippen molar-refractivity contribution in [3.05, 3.63) is 66.7 Å². The maximum atomic E-state index is 11.6. The van der Waals surface area contributed by atoms with E-state index in [0.717, 1.165) is 26.9 Å². The van der Waals surface area contributed by atoms with Crippen LogP contribution in [0.15, 0.2) is 71.6 Å². The molecule has 22 heavy (non-hydrogen) atoms. The summed E-state index contributed by atoms with van der Waals surface area (Å²) in [7, 11) is -4.24. The lowest BCUT2D eigenvalue weighted by atomic mass is 9.97. The Labute approximate surface area is 127 Å². The second-order valence-corrected chi connectivity index (χ2v) is 6.66. The zero-order chi connectivity index (χ0) is 15.3. The fourth-order valence-electron chi connectivity index (χ4n) is 3.05. The van der Waals surface area contributed by atoms with Gasteiger partial charge in [0.05, 0.1) is 0 Å². The Balaban J connectivity index is 2.24. The van der Waals surface area contributed by atoms with Crippen LogP contribution in [0.5, 0.6) is 0 Å². The highest BCUT2D eigenvalue weighted by molar-refractivity contribution is 7.86. The third kappa shape index (κ3) is 1.89. The molecule has 0 aromatic heterocycles. The van der Waals surface area contributed by atoms with Gasteiger partial charge in [-0.25, -0.2) is 0 Å². The molecule has 4 heteroatoms. The SMILES string of the molecule is O=S(=O)(O)c1cccc2c1ccc1c3ccccc3ccc21. The van der Waals surface area contributed by atoms with Crippen molar-refractivity contribution in [2.45, 2.75) is 4.90 Å². The number of hydrogen-bond donors (Lipinski definition) is 1. The fourth-order valence-corrected chi connectivity index (χ4v) is 3.76. The number of hydrogen-bond acceptors (Lipinski definition) is 2. The summed E-state index contributed by atoms with van der Waals surface area (Å²) >= 11 is 0. The van der Waals surface area contributed by atoms with Crippen LogP contribution in [0.25, 0.3) is 32.3 Å². The summed E-state index contributed by atoms with van der Waals surface area (Å²) in [6.45, 7) is 0. The van der Waals surface area contributed by atoms with Crippen molar-refractivity contribution in [3.8, 4) is 0 Å². The van der Waals surface area contributed by atoms with Crippen molar-refractivity contribution >= 4 is 42.4 Å². The Hall–Kier alpha value is -2.43. The van der Waals surface area contributed by atoms with Crippen molar-refractivity contribution < 1.29 is 13.0 Å². The fraction of sp³-hybridized carbons (Fsp3) is 0. The zero-order valence-corrected chi connectivity index (χ0v) is 12.3. The molecule has 0 aliphatic carbocycles. The lowest BCUT2D eigenvalue weighted by Gasteiger charge is -2.09. The van der Waals surface area contributed by atoms with E-state index < -0.39 is 10.1 Å². The third-order valence-electron chi connectivity index (χ3n) is 4.02. The van der Waals surface area contributed by atoms with E-state index in [9.17, 15) is 13.0 Å². The van der Waals surface area contributed by atoms with E-state index in [2.05, 4.69) is 6.07 Å². The molecule has 108 valence electrons. The van der Waals surface area contributed by atoms with E-state index in [0.29, 0.717) is 5.39 Å². The summed E-state index contributed by atoms with van der Waals surface area (Å²) in [5.41, 5.74) is 0. The van der Waals surface area contributed by atoms with Gasteiger partial charge in [-0.05, 0) is 33.0 Å². The van der Waals surface area contributed by atoms with Gasteiger partial charge in [-0.2, -0.15) is 8.42 Å². The minimum absolute atomic E-state index is 0.0555. The van der Waals surface area contributed by atoms with E-state index in [1.165, 1.54) is 6.07 Å². The minimum atomic E-state index is -4.24. The Morgan fingerprint density at radius 3 is 2.00 bits per heavy atom. The first-order valence-electron chi connectivity index (χ1n) is 6.86. The molecule has 3 nitrogen and oxygen atoms in total. The molecule has 0 fully saturated rings. The smallest absolute Gasteiger partial charge is 0.282 e. The molecule has 0 aliphatic rings. The molecule has 0 atom stereocenters. The molecule has 0 saturated heterocycles. The Morgan fingerprint density at radius 2 is 1.18 bits per heavy atom. The number of rotatable bonds is 1. The lowest BCUT2D eigenvalue weighted by Crippen LogP contribution is -1.98. The molecular formula is C18H12O3S. The van der Waals surface area contributed by atoms with Gasteiger partial charge >= 0.3 is 0 Å². The highest BCUT2D eigenvalue weighted by atomic mass is 32.2. The van der Waals surface area contributed by atoms with Crippen molar-refractivity contribution in [1.82, 2.24) is 0 Å². The van der Waals surface area contributed by atoms with Gasteiger partial charge < -0.3 is 0 Å². The number of benzene rings is 4. The average Bonchev–Trinajstić information content (AvgIpc) is 2.52. The minimum Gasteiger partial charge on any atom is -0.282 e. The van der Waals surface area contributed by atoms with Crippen LogP contribution in [0, 0.1) is 0 Å². The molecule has 0 aliphatic heterocycles. The van der Waals surface area contributed by atoms with Gasteiger partial charge in [-0.1, -0.05) is 60.7 Å². The molecule has 0 amide bonds. The quantitative estimate of drug-likeness (QED) is 0.419. The van der Waals surface area contributed by atoms with E-state index in [1.54, 1.807) is 12.1 Å². The zero-order valence-electron chi connectivity index (χ0n) is 11.5. The average molecular weight is 308 g/mol. The van der Waals surface area contributed by atoms with E-state index in [4.69, 9.17) is 0 Å². The van der Waals surface area contributed by atoms with Crippen molar-refractivity contribution in [3.63, 3.8) is 0 Å². The summed E-state index contributed by atoms with van der Waals surface area (Å²) in [6.07, 6.45) is 0. The first-order chi connectivity index (χ1) is 10.6. The molecule has 0 radical (unpaired) electrons. The van der Waals surface area contributed by atoms with Crippen LogP contribution >= 0.6 is 0 Å². The molecular weight excluding hydrogens is 296 g/mol. The van der Waals surface area contributed by atoms with Gasteiger partial charge in [0.25, 0.3) is 10.1 Å². The van der Waals surface area contributed by atoms with Crippen LogP contribution < -0.4 is 0 Å². The molecule has 4 aromatic carbocycles. The van der Waals surface area contributed by atoms with Gasteiger partial charge in [0.1, 0.15) is 4.90 Å². The van der Waals surface area contributed by atoms with Gasteiger partial charge in [-0.3, -0.25) is 4.55 Å². The molecule has 0 bridgehead atoms. The first kappa shape index (κ1) is 13.2. The van der Waals surface area contributed by atoms with Crippen molar-refractivity contribution in [1.29, 1.82) is 0 Å². The van der Waals surface area contributed by atoms with E-state index in [1.807, 2.05) is 42.5 Å². The molecule has 1 N–H and O–H groups in total. The summed E-state index contributed by atoms with van der Waals surface area (Å²) in [4.78, 5) is -0.0555. The summed E-state index contributed by atoms with van der Waals surface area (Å²) < 4.78 is 32.5. The normalized spacial score (nSPS) is 12.2. The van der Waals surface area contributed by atoms with Gasteiger partial charge in [-0.15, -0.1) is 0 Å². The molecule has 0 spiro atoms. The highest BCUT2D eigenvalue weighted by Gasteiger charge is 2.15. The molecule has 0 unspecified atom stereocenters. The van der Waals surface area contributed by atoms with Gasteiger partial charge in [0.2, 0.25) is 0 Å². The summed E-state index contributed by atoms with van der Waals surface area (Å²) in [6, 6.07) is 20.7. The highest BCUT2D eigenvalue weighted by Crippen LogP contribution is 2.33. The van der Waals surface area contributed by atoms with E-state index in [-0.39, 0.29) is 4.90 Å². The van der Waals surface area contributed by atoms with Crippen LogP contribution in [-0.4, -0.2) is 13.0 Å². The van der Waals surface area contributed by atoms with Crippen LogP contribution in [0.3, 0.4) is 0 Å². The maximum Gasteiger partial charge on any atom is 0.295 e. The van der Waals surface area contributed by atoms with E-state index >= 15 is 0 Å². The number of fused-ring (bicyclic) bond motifs is 5. The Kier molecular flexibility index (Phi) is 2.73. The van der Waals surface area contributed by atoms with Gasteiger partial charge in [0, 0.05) is 5.39 Å². The van der Waals surface area contributed by atoms with Crippen LogP contribution in [0.4, 0.5) is 0 Å². The summed E-state index contributed by atoms with van der Waals surface area (Å²) in [5.74, 6) is 0. The maximum absolute atomic E-state index is 11.6. The van der Waals surface area contributed by atoms with Crippen molar-refractivity contribution in [2.24, 2.45) is 0 Å². The first-order valence-corrected chi connectivity index (χ1v) is 8.30. The third-order valence-corrected chi connectivity index (χ3v) is 4.93. The predicted molar refractivity (Wildman–Crippen MR) is 88.8 cm³/mol. The molecule has 4 aromatic rings. The second kappa shape index (κ2) is 4.53. The lowest BCUT2D eigenvalue weighted by molar-refractivity contribution is 0.484. The standard InChI is InChI=1S/C18H12O3S/c19-22(20,21)18-7-3-6-14-16-9-8-12-4-1-2-5-13(12)15(16)10-11-17(14)18/h1-11H,(H,19,20,21). The van der Waals surface area contributed by atoms with Crippen LogP contribution in [0.2, 0.25) is 0 Å². The predicted octanol–water partition coefficient (Wildman–Crippen LogP) is 4.39. The second-order valence-electron chi connectivity index (χ2n) is 5.27. The largest absolute Gasteiger partial charge is 0.295 e. The monoisotopic (exact) mass is 308 g/mol. The van der Waals surface area contributed by atoms with Crippen LogP contribution in [-0.2, 0) is 10.1 Å². The Bertz CT molecular complexity index is 1140. The topological polar surface area (TPSA) is 54.4 Å². The Morgan fingerprint density at radius 1 is 0.591 bits per heavy atom. The van der Waals surface area contributed by atoms with Crippen molar-refractivity contribution in [2.75, 3.05) is 0 Å². The molecule has 4 rings (SSSR count).